The molecule has 2 aromatic carbocycles. The van der Waals surface area contributed by atoms with E-state index in [-0.39, 0.29) is 23.8 Å². The van der Waals surface area contributed by atoms with Gasteiger partial charge in [0, 0.05) is 12.1 Å². The molecule has 0 unspecified atom stereocenters. The number of hydrogen-bond acceptors (Lipinski definition) is 4. The van der Waals surface area contributed by atoms with Crippen LogP contribution in [0.2, 0.25) is 0 Å². The second-order valence-electron chi connectivity index (χ2n) is 7.49. The van der Waals surface area contributed by atoms with Crippen LogP contribution >= 0.6 is 34.4 Å². The molecule has 1 heterocycles. The van der Waals surface area contributed by atoms with E-state index in [1.165, 1.54) is 23.9 Å². The Morgan fingerprint density at radius 1 is 1.20 bits per heavy atom. The van der Waals surface area contributed by atoms with Crippen LogP contribution < -0.4 is 4.74 Å². The highest BCUT2D eigenvalue weighted by atomic mass is 127. The quantitative estimate of drug-likeness (QED) is 0.330. The number of amides is 1. The van der Waals surface area contributed by atoms with Gasteiger partial charge in [0.25, 0.3) is 5.91 Å². The Bertz CT molecular complexity index is 1000. The van der Waals surface area contributed by atoms with Crippen LogP contribution in [0.25, 0.3) is 6.08 Å². The summed E-state index contributed by atoms with van der Waals surface area (Å²) in [7, 11) is 0. The Balaban J connectivity index is 1.77. The van der Waals surface area contributed by atoms with E-state index < -0.39 is 0 Å². The maximum absolute atomic E-state index is 13.3. The third kappa shape index (κ3) is 5.63. The van der Waals surface area contributed by atoms with Crippen LogP contribution in [-0.2, 0) is 11.4 Å². The van der Waals surface area contributed by atoms with Crippen molar-refractivity contribution in [2.45, 2.75) is 46.4 Å². The SMILES string of the molecule is CC(C)N=C1S/C(=C/c2ccc(OCc3cccc(F)c3)c(I)c2)C(=O)N1C(C)C. The van der Waals surface area contributed by atoms with Gasteiger partial charge in [0.2, 0.25) is 0 Å². The summed E-state index contributed by atoms with van der Waals surface area (Å²) in [6.07, 6.45) is 1.89. The minimum atomic E-state index is -0.276. The Morgan fingerprint density at radius 2 is 1.97 bits per heavy atom. The second-order valence-corrected chi connectivity index (χ2v) is 9.66. The Labute approximate surface area is 194 Å². The zero-order valence-corrected chi connectivity index (χ0v) is 20.3. The number of rotatable bonds is 6. The summed E-state index contributed by atoms with van der Waals surface area (Å²) in [6.45, 7) is 8.28. The minimum Gasteiger partial charge on any atom is -0.488 e. The summed E-state index contributed by atoms with van der Waals surface area (Å²) in [5, 5.41) is 0.751. The first kappa shape index (κ1) is 22.8. The number of nitrogens with zero attached hydrogens (tertiary/aromatic N) is 2. The molecule has 1 saturated heterocycles. The van der Waals surface area contributed by atoms with Gasteiger partial charge in [-0.2, -0.15) is 0 Å². The van der Waals surface area contributed by atoms with Gasteiger partial charge in [-0.15, -0.1) is 0 Å². The molecule has 1 fully saturated rings. The third-order valence-electron chi connectivity index (χ3n) is 4.26. The lowest BCUT2D eigenvalue weighted by molar-refractivity contribution is -0.123. The van der Waals surface area contributed by atoms with E-state index in [2.05, 4.69) is 27.6 Å². The monoisotopic (exact) mass is 538 g/mol. The molecule has 3 rings (SSSR count). The van der Waals surface area contributed by atoms with E-state index in [1.807, 2.05) is 58.0 Å². The normalized spacial score (nSPS) is 17.1. The largest absolute Gasteiger partial charge is 0.488 e. The molecule has 0 atom stereocenters. The molecule has 158 valence electrons. The summed E-state index contributed by atoms with van der Waals surface area (Å²) in [6, 6.07) is 12.3. The second kappa shape index (κ2) is 9.96. The lowest BCUT2D eigenvalue weighted by Crippen LogP contribution is -2.35. The zero-order valence-electron chi connectivity index (χ0n) is 17.4. The van der Waals surface area contributed by atoms with Crippen molar-refractivity contribution in [2.24, 2.45) is 4.99 Å². The van der Waals surface area contributed by atoms with Crippen molar-refractivity contribution in [1.29, 1.82) is 0 Å². The van der Waals surface area contributed by atoms with Crippen LogP contribution in [0.15, 0.2) is 52.4 Å². The van der Waals surface area contributed by atoms with Gasteiger partial charge in [-0.05, 0) is 104 Å². The van der Waals surface area contributed by atoms with Crippen molar-refractivity contribution in [1.82, 2.24) is 4.90 Å². The molecule has 0 bridgehead atoms. The molecular weight excluding hydrogens is 514 g/mol. The smallest absolute Gasteiger partial charge is 0.266 e. The molecule has 7 heteroatoms. The molecule has 0 aliphatic carbocycles. The van der Waals surface area contributed by atoms with Crippen molar-refractivity contribution in [3.05, 3.63) is 67.9 Å². The van der Waals surface area contributed by atoms with Gasteiger partial charge in [-0.3, -0.25) is 14.7 Å². The number of carbonyl (C=O) groups is 1. The molecule has 4 nitrogen and oxygen atoms in total. The maximum atomic E-state index is 13.3. The first-order valence-electron chi connectivity index (χ1n) is 9.72. The highest BCUT2D eigenvalue weighted by Crippen LogP contribution is 2.35. The first-order valence-corrected chi connectivity index (χ1v) is 11.6. The lowest BCUT2D eigenvalue weighted by atomic mass is 10.2. The van der Waals surface area contributed by atoms with Crippen molar-refractivity contribution < 1.29 is 13.9 Å². The minimum absolute atomic E-state index is 0.0177. The molecule has 30 heavy (non-hydrogen) atoms. The van der Waals surface area contributed by atoms with Crippen LogP contribution in [0.4, 0.5) is 4.39 Å². The average molecular weight is 538 g/mol. The maximum Gasteiger partial charge on any atom is 0.266 e. The van der Waals surface area contributed by atoms with E-state index in [4.69, 9.17) is 4.74 Å². The number of ether oxygens (including phenoxy) is 1. The van der Waals surface area contributed by atoms with E-state index in [0.717, 1.165) is 25.6 Å². The molecule has 0 spiro atoms. The summed E-state index contributed by atoms with van der Waals surface area (Å²) >= 11 is 3.62. The molecule has 0 saturated carbocycles. The van der Waals surface area contributed by atoms with Gasteiger partial charge >= 0.3 is 0 Å². The number of carbonyl (C=O) groups excluding carboxylic acids is 1. The van der Waals surface area contributed by atoms with Crippen LogP contribution in [0.5, 0.6) is 5.75 Å². The fourth-order valence-corrected chi connectivity index (χ4v) is 4.84. The number of thioether (sulfide) groups is 1. The Hall–Kier alpha value is -1.87. The lowest BCUT2D eigenvalue weighted by Gasteiger charge is -2.20. The number of benzene rings is 2. The molecule has 2 aromatic rings. The van der Waals surface area contributed by atoms with Crippen molar-refractivity contribution in [3.63, 3.8) is 0 Å². The summed E-state index contributed by atoms with van der Waals surface area (Å²) in [4.78, 5) is 19.9. The predicted molar refractivity (Wildman–Crippen MR) is 130 cm³/mol. The van der Waals surface area contributed by atoms with Crippen LogP contribution in [0.1, 0.15) is 38.8 Å². The molecule has 1 amide bonds. The van der Waals surface area contributed by atoms with Gasteiger partial charge < -0.3 is 4.74 Å². The predicted octanol–water partition coefficient (Wildman–Crippen LogP) is 6.10. The van der Waals surface area contributed by atoms with Crippen LogP contribution in [-0.4, -0.2) is 28.1 Å². The molecule has 1 aliphatic heterocycles. The molecule has 0 radical (unpaired) electrons. The van der Waals surface area contributed by atoms with Gasteiger partial charge in [0.05, 0.1) is 8.48 Å². The van der Waals surface area contributed by atoms with E-state index in [0.29, 0.717) is 11.5 Å². The number of amidine groups is 1. The Morgan fingerprint density at radius 3 is 2.60 bits per heavy atom. The fourth-order valence-electron chi connectivity index (χ4n) is 2.92. The van der Waals surface area contributed by atoms with Crippen molar-refractivity contribution in [2.75, 3.05) is 0 Å². The zero-order chi connectivity index (χ0) is 21.8. The van der Waals surface area contributed by atoms with Crippen LogP contribution in [0, 0.1) is 9.39 Å². The molecule has 0 aromatic heterocycles. The van der Waals surface area contributed by atoms with Crippen molar-refractivity contribution in [3.8, 4) is 5.75 Å². The topological polar surface area (TPSA) is 41.9 Å². The van der Waals surface area contributed by atoms with Gasteiger partial charge in [-0.25, -0.2) is 4.39 Å². The third-order valence-corrected chi connectivity index (χ3v) is 6.10. The standard InChI is InChI=1S/C23H24FIN2O2S/c1-14(2)26-23-27(15(3)4)22(28)21(30-23)12-16-8-9-20(19(25)11-16)29-13-17-6-5-7-18(24)10-17/h5-12,14-15H,13H2,1-4H3/b21-12+,26-23?. The molecule has 1 aliphatic rings. The number of hydrogen-bond donors (Lipinski definition) is 0. The number of halogens is 2. The fraction of sp³-hybridized carbons (Fsp3) is 0.304. The van der Waals surface area contributed by atoms with E-state index in [9.17, 15) is 9.18 Å². The highest BCUT2D eigenvalue weighted by Gasteiger charge is 2.35. The van der Waals surface area contributed by atoms with Gasteiger partial charge in [-0.1, -0.05) is 18.2 Å². The van der Waals surface area contributed by atoms with E-state index >= 15 is 0 Å². The molecular formula is C23H24FIN2O2S. The molecule has 0 N–H and O–H groups in total. The number of aliphatic imine (C=N–C) groups is 1. The van der Waals surface area contributed by atoms with Crippen LogP contribution in [0.3, 0.4) is 0 Å². The summed E-state index contributed by atoms with van der Waals surface area (Å²) in [5.74, 6) is 0.427. The Kier molecular flexibility index (Phi) is 7.57. The first-order chi connectivity index (χ1) is 14.2. The summed E-state index contributed by atoms with van der Waals surface area (Å²) < 4.78 is 20.1. The summed E-state index contributed by atoms with van der Waals surface area (Å²) in [5.41, 5.74) is 1.69. The van der Waals surface area contributed by atoms with Gasteiger partial charge in [0.15, 0.2) is 5.17 Å². The van der Waals surface area contributed by atoms with E-state index in [1.54, 1.807) is 11.0 Å². The van der Waals surface area contributed by atoms with Crippen molar-refractivity contribution >= 4 is 51.5 Å². The average Bonchev–Trinajstić information content (AvgIpc) is 2.95. The van der Waals surface area contributed by atoms with Gasteiger partial charge in [0.1, 0.15) is 18.2 Å². The highest BCUT2D eigenvalue weighted by molar-refractivity contribution is 14.1.